The quantitative estimate of drug-likeness (QED) is 0.748. The minimum absolute atomic E-state index is 0.369. The van der Waals surface area contributed by atoms with Gasteiger partial charge < -0.3 is 0 Å². The summed E-state index contributed by atoms with van der Waals surface area (Å²) in [7, 11) is -3.33. The first-order chi connectivity index (χ1) is 6.89. The third kappa shape index (κ3) is 1.87. The highest BCUT2D eigenvalue weighted by atomic mass is 127. The van der Waals surface area contributed by atoms with E-state index >= 15 is 0 Å². The predicted molar refractivity (Wildman–Crippen MR) is 64.9 cm³/mol. The van der Waals surface area contributed by atoms with Gasteiger partial charge in [-0.05, 0) is 40.8 Å². The Balaban J connectivity index is 2.92. The molecule has 15 heavy (non-hydrogen) atoms. The molecule has 0 N–H and O–H groups in total. The molecule has 0 atom stereocenters. The maximum Gasteiger partial charge on any atom is 0.236 e. The van der Waals surface area contributed by atoms with Crippen LogP contribution in [0.15, 0.2) is 24.4 Å². The molecule has 3 nitrogen and oxygen atoms in total. The molecule has 2 aromatic rings. The SMILES string of the molecule is CS(=O)(=O)n1cc(I)c2cc(F)ccc21. The molecule has 0 saturated carbocycles. The molecular weight excluding hydrogens is 332 g/mol. The fourth-order valence-corrected chi connectivity index (χ4v) is 3.12. The van der Waals surface area contributed by atoms with Crippen LogP contribution in [0.2, 0.25) is 0 Å². The summed E-state index contributed by atoms with van der Waals surface area (Å²) in [6.07, 6.45) is 2.60. The molecule has 0 unspecified atom stereocenters. The number of aromatic nitrogens is 1. The van der Waals surface area contributed by atoms with Crippen molar-refractivity contribution in [3.8, 4) is 0 Å². The van der Waals surface area contributed by atoms with E-state index in [1.807, 2.05) is 22.6 Å². The van der Waals surface area contributed by atoms with Crippen LogP contribution in [0.3, 0.4) is 0 Å². The molecule has 2 rings (SSSR count). The zero-order chi connectivity index (χ0) is 11.2. The summed E-state index contributed by atoms with van der Waals surface area (Å²) < 4.78 is 37.7. The molecule has 0 spiro atoms. The fourth-order valence-electron chi connectivity index (χ4n) is 1.41. The van der Waals surface area contributed by atoms with E-state index in [4.69, 9.17) is 0 Å². The Morgan fingerprint density at radius 3 is 2.67 bits per heavy atom. The molecule has 80 valence electrons. The molecule has 1 aromatic carbocycles. The summed E-state index contributed by atoms with van der Waals surface area (Å²) in [5.41, 5.74) is 0.503. The van der Waals surface area contributed by atoms with Crippen LogP contribution in [-0.2, 0) is 10.0 Å². The van der Waals surface area contributed by atoms with Gasteiger partial charge in [0.05, 0.1) is 11.8 Å². The Morgan fingerprint density at radius 1 is 1.40 bits per heavy atom. The smallest absolute Gasteiger partial charge is 0.236 e. The van der Waals surface area contributed by atoms with E-state index in [9.17, 15) is 12.8 Å². The summed E-state index contributed by atoms with van der Waals surface area (Å²) in [4.78, 5) is 0. The summed E-state index contributed by atoms with van der Waals surface area (Å²) in [5.74, 6) is -0.369. The molecule has 0 aliphatic carbocycles. The van der Waals surface area contributed by atoms with Crippen molar-refractivity contribution in [2.24, 2.45) is 0 Å². The Bertz CT molecular complexity index is 633. The lowest BCUT2D eigenvalue weighted by molar-refractivity contribution is 0.595. The van der Waals surface area contributed by atoms with E-state index in [1.54, 1.807) is 0 Å². The van der Waals surface area contributed by atoms with Gasteiger partial charge in [-0.2, -0.15) is 0 Å². The van der Waals surface area contributed by atoms with Gasteiger partial charge in [0.2, 0.25) is 10.0 Å². The number of hydrogen-bond donors (Lipinski definition) is 0. The van der Waals surface area contributed by atoms with Gasteiger partial charge in [-0.3, -0.25) is 0 Å². The Hall–Kier alpha value is -0.630. The molecule has 6 heteroatoms. The normalized spacial score (nSPS) is 12.2. The summed E-state index contributed by atoms with van der Waals surface area (Å²) in [5, 5.41) is 0.612. The topological polar surface area (TPSA) is 39.1 Å². The highest BCUT2D eigenvalue weighted by molar-refractivity contribution is 14.1. The largest absolute Gasteiger partial charge is 0.244 e. The molecule has 0 aliphatic rings. The first kappa shape index (κ1) is 10.9. The summed E-state index contributed by atoms with van der Waals surface area (Å²) in [6.45, 7) is 0. The Labute approximate surface area is 100 Å². The lowest BCUT2D eigenvalue weighted by atomic mass is 10.2. The second-order valence-corrected chi connectivity index (χ2v) is 6.22. The van der Waals surface area contributed by atoms with Crippen LogP contribution >= 0.6 is 22.6 Å². The van der Waals surface area contributed by atoms with E-state index < -0.39 is 10.0 Å². The zero-order valence-electron chi connectivity index (χ0n) is 7.74. The molecule has 0 radical (unpaired) electrons. The summed E-state index contributed by atoms with van der Waals surface area (Å²) in [6, 6.07) is 4.05. The van der Waals surface area contributed by atoms with Crippen LogP contribution in [0.25, 0.3) is 10.9 Å². The number of rotatable bonds is 1. The highest BCUT2D eigenvalue weighted by Crippen LogP contribution is 2.24. The number of nitrogens with zero attached hydrogens (tertiary/aromatic N) is 1. The van der Waals surface area contributed by atoms with Gasteiger partial charge >= 0.3 is 0 Å². The van der Waals surface area contributed by atoms with Gasteiger partial charge in [-0.25, -0.2) is 16.8 Å². The average molecular weight is 339 g/mol. The van der Waals surface area contributed by atoms with E-state index in [0.717, 1.165) is 10.2 Å². The van der Waals surface area contributed by atoms with Crippen LogP contribution in [0, 0.1) is 9.39 Å². The molecule has 0 fully saturated rings. The molecule has 1 aromatic heterocycles. The maximum atomic E-state index is 13.0. The minimum Gasteiger partial charge on any atom is -0.244 e. The van der Waals surface area contributed by atoms with Gasteiger partial charge in [0, 0.05) is 15.2 Å². The van der Waals surface area contributed by atoms with E-state index in [-0.39, 0.29) is 5.82 Å². The van der Waals surface area contributed by atoms with Crippen LogP contribution in [0.4, 0.5) is 4.39 Å². The third-order valence-electron chi connectivity index (χ3n) is 2.04. The molecule has 0 aliphatic heterocycles. The first-order valence-corrected chi connectivity index (χ1v) is 6.99. The van der Waals surface area contributed by atoms with Crippen molar-refractivity contribution in [2.45, 2.75) is 0 Å². The van der Waals surface area contributed by atoms with Crippen LogP contribution in [-0.4, -0.2) is 18.6 Å². The van der Waals surface area contributed by atoms with Gasteiger partial charge in [0.1, 0.15) is 5.82 Å². The standard InChI is InChI=1S/C9H7FINO2S/c1-15(13,14)12-5-8(11)7-4-6(10)2-3-9(7)12/h2-5H,1H3. The van der Waals surface area contributed by atoms with Crippen molar-refractivity contribution in [3.63, 3.8) is 0 Å². The third-order valence-corrected chi connectivity index (χ3v) is 3.92. The molecule has 0 amide bonds. The number of halogens is 2. The lowest BCUT2D eigenvalue weighted by Gasteiger charge is -2.00. The molecule has 1 heterocycles. The van der Waals surface area contributed by atoms with Crippen LogP contribution < -0.4 is 0 Å². The van der Waals surface area contributed by atoms with Crippen LogP contribution in [0.5, 0.6) is 0 Å². The number of benzene rings is 1. The Morgan fingerprint density at radius 2 is 2.07 bits per heavy atom. The second-order valence-electron chi connectivity index (χ2n) is 3.20. The molecular formula is C9H7FINO2S. The summed E-state index contributed by atoms with van der Waals surface area (Å²) >= 11 is 1.98. The van der Waals surface area contributed by atoms with E-state index in [2.05, 4.69) is 0 Å². The van der Waals surface area contributed by atoms with Gasteiger partial charge in [-0.15, -0.1) is 0 Å². The van der Waals surface area contributed by atoms with Crippen molar-refractivity contribution in [3.05, 3.63) is 33.8 Å². The molecule has 0 bridgehead atoms. The average Bonchev–Trinajstić information content (AvgIpc) is 2.43. The van der Waals surface area contributed by atoms with Crippen molar-refractivity contribution < 1.29 is 12.8 Å². The van der Waals surface area contributed by atoms with E-state index in [0.29, 0.717) is 14.5 Å². The van der Waals surface area contributed by atoms with Crippen molar-refractivity contribution in [1.82, 2.24) is 3.97 Å². The Kier molecular flexibility index (Phi) is 2.50. The lowest BCUT2D eigenvalue weighted by Crippen LogP contribution is -2.08. The van der Waals surface area contributed by atoms with Gasteiger partial charge in [0.15, 0.2) is 0 Å². The van der Waals surface area contributed by atoms with Gasteiger partial charge in [0.25, 0.3) is 0 Å². The highest BCUT2D eigenvalue weighted by Gasteiger charge is 2.13. The maximum absolute atomic E-state index is 13.0. The second kappa shape index (κ2) is 3.44. The minimum atomic E-state index is -3.33. The predicted octanol–water partition coefficient (Wildman–Crippen LogP) is 2.19. The van der Waals surface area contributed by atoms with Crippen LogP contribution in [0.1, 0.15) is 0 Å². The number of fused-ring (bicyclic) bond motifs is 1. The zero-order valence-corrected chi connectivity index (χ0v) is 10.7. The van der Waals surface area contributed by atoms with E-state index in [1.165, 1.54) is 24.4 Å². The van der Waals surface area contributed by atoms with Crippen molar-refractivity contribution >= 4 is 43.5 Å². The van der Waals surface area contributed by atoms with Crippen molar-refractivity contribution in [1.29, 1.82) is 0 Å². The number of hydrogen-bond acceptors (Lipinski definition) is 2. The first-order valence-electron chi connectivity index (χ1n) is 4.06. The van der Waals surface area contributed by atoms with Gasteiger partial charge in [-0.1, -0.05) is 0 Å². The van der Waals surface area contributed by atoms with Crippen molar-refractivity contribution in [2.75, 3.05) is 6.26 Å². The monoisotopic (exact) mass is 339 g/mol. The fraction of sp³-hybridized carbons (Fsp3) is 0.111. The molecule has 0 saturated heterocycles.